The first-order valence-corrected chi connectivity index (χ1v) is 11.2. The molecule has 0 radical (unpaired) electrons. The zero-order chi connectivity index (χ0) is 20.5. The summed E-state index contributed by atoms with van der Waals surface area (Å²) in [5.74, 6) is 0.577. The van der Waals surface area contributed by atoms with Gasteiger partial charge < -0.3 is 14.6 Å². The summed E-state index contributed by atoms with van der Waals surface area (Å²) in [6.45, 7) is 1.52. The minimum atomic E-state index is -0.178. The van der Waals surface area contributed by atoms with Gasteiger partial charge in [-0.15, -0.1) is 11.8 Å². The number of rotatable bonds is 5. The van der Waals surface area contributed by atoms with Crippen LogP contribution in [0, 0.1) is 0 Å². The maximum atomic E-state index is 13.5. The van der Waals surface area contributed by atoms with Crippen molar-refractivity contribution in [2.24, 2.45) is 0 Å². The molecular weight excluding hydrogens is 398 g/mol. The monoisotopic (exact) mass is 421 g/mol. The van der Waals surface area contributed by atoms with Gasteiger partial charge in [0, 0.05) is 18.0 Å². The quantitative estimate of drug-likeness (QED) is 0.685. The predicted octanol–water partition coefficient (Wildman–Crippen LogP) is 3.15. The van der Waals surface area contributed by atoms with Crippen LogP contribution in [0.2, 0.25) is 0 Å². The molecule has 1 aromatic heterocycles. The zero-order valence-corrected chi connectivity index (χ0v) is 17.4. The van der Waals surface area contributed by atoms with Crippen LogP contribution < -0.4 is 5.56 Å². The van der Waals surface area contributed by atoms with Gasteiger partial charge in [0.2, 0.25) is 5.91 Å². The fourth-order valence-electron chi connectivity index (χ4n) is 4.18. The lowest BCUT2D eigenvalue weighted by Crippen LogP contribution is -2.42. The van der Waals surface area contributed by atoms with Crippen LogP contribution in [0.1, 0.15) is 24.2 Å². The number of aromatic nitrogens is 2. The number of nitrogens with one attached hydrogen (secondary N) is 1. The van der Waals surface area contributed by atoms with E-state index in [4.69, 9.17) is 4.74 Å². The molecule has 3 heterocycles. The van der Waals surface area contributed by atoms with Crippen molar-refractivity contribution in [2.45, 2.75) is 42.1 Å². The number of nitrogens with zero attached hydrogens (tertiary/aromatic N) is 2. The van der Waals surface area contributed by atoms with E-state index in [1.807, 2.05) is 35.2 Å². The van der Waals surface area contributed by atoms with Crippen molar-refractivity contribution in [3.8, 4) is 0 Å². The summed E-state index contributed by atoms with van der Waals surface area (Å²) in [5, 5.41) is 0.399. The molecule has 0 bridgehead atoms. The molecule has 7 heteroatoms. The van der Waals surface area contributed by atoms with Crippen molar-refractivity contribution in [3.63, 3.8) is 0 Å². The Balaban J connectivity index is 1.41. The molecular formula is C23H23N3O3S. The van der Waals surface area contributed by atoms with Crippen LogP contribution in [0.15, 0.2) is 58.2 Å². The molecule has 1 fully saturated rings. The summed E-state index contributed by atoms with van der Waals surface area (Å²) in [7, 11) is 0. The molecule has 2 aliphatic heterocycles. The van der Waals surface area contributed by atoms with Gasteiger partial charge in [-0.1, -0.05) is 30.3 Å². The van der Waals surface area contributed by atoms with Crippen LogP contribution in [0.4, 0.5) is 0 Å². The Morgan fingerprint density at radius 1 is 1.20 bits per heavy atom. The van der Waals surface area contributed by atoms with Crippen molar-refractivity contribution in [1.29, 1.82) is 0 Å². The molecule has 6 nitrogen and oxygen atoms in total. The number of fused-ring (bicyclic) bond motifs is 2. The Labute approximate surface area is 178 Å². The third-order valence-electron chi connectivity index (χ3n) is 5.68. The van der Waals surface area contributed by atoms with Crippen molar-refractivity contribution in [1.82, 2.24) is 14.9 Å². The van der Waals surface area contributed by atoms with Crippen LogP contribution in [-0.2, 0) is 22.5 Å². The highest BCUT2D eigenvalue weighted by atomic mass is 32.2. The van der Waals surface area contributed by atoms with Gasteiger partial charge in [-0.2, -0.15) is 0 Å². The fourth-order valence-corrected chi connectivity index (χ4v) is 5.46. The Hall–Kier alpha value is -2.64. The van der Waals surface area contributed by atoms with Gasteiger partial charge in [-0.3, -0.25) is 9.59 Å². The van der Waals surface area contributed by atoms with Gasteiger partial charge in [0.05, 0.1) is 28.8 Å². The van der Waals surface area contributed by atoms with Crippen LogP contribution in [0.25, 0.3) is 10.9 Å². The SMILES string of the molecule is O=C(C1Cc2ccccc2S1)N(Cc1nc2ccccc2c(=O)[nH]1)CC1CCCO1. The van der Waals surface area contributed by atoms with Gasteiger partial charge in [0.25, 0.3) is 5.56 Å². The number of ether oxygens (including phenoxy) is 1. The van der Waals surface area contributed by atoms with Crippen molar-refractivity contribution in [3.05, 3.63) is 70.3 Å². The lowest BCUT2D eigenvalue weighted by molar-refractivity contribution is -0.132. The van der Waals surface area contributed by atoms with E-state index in [1.54, 1.807) is 17.8 Å². The maximum absolute atomic E-state index is 13.5. The van der Waals surface area contributed by atoms with E-state index < -0.39 is 0 Å². The first-order chi connectivity index (χ1) is 14.7. The number of hydrogen-bond donors (Lipinski definition) is 1. The first kappa shape index (κ1) is 19.3. The summed E-state index contributed by atoms with van der Waals surface area (Å²) in [6.07, 6.45) is 2.73. The third kappa shape index (κ3) is 3.87. The molecule has 2 unspecified atom stereocenters. The van der Waals surface area contributed by atoms with Gasteiger partial charge >= 0.3 is 0 Å². The topological polar surface area (TPSA) is 75.3 Å². The number of thioether (sulfide) groups is 1. The molecule has 2 aromatic carbocycles. The van der Waals surface area contributed by atoms with Crippen molar-refractivity contribution >= 4 is 28.6 Å². The molecule has 154 valence electrons. The number of amides is 1. The van der Waals surface area contributed by atoms with Crippen molar-refractivity contribution < 1.29 is 9.53 Å². The molecule has 0 spiro atoms. The summed E-state index contributed by atoms with van der Waals surface area (Å²) in [5.41, 5.74) is 1.68. The Bertz CT molecular complexity index is 1110. The number of carbonyl (C=O) groups is 1. The third-order valence-corrected chi connectivity index (χ3v) is 6.99. The minimum Gasteiger partial charge on any atom is -0.376 e. The molecule has 30 heavy (non-hydrogen) atoms. The van der Waals surface area contributed by atoms with Crippen LogP contribution in [0.3, 0.4) is 0 Å². The average Bonchev–Trinajstić information content (AvgIpc) is 3.42. The van der Waals surface area contributed by atoms with Gasteiger partial charge in [-0.05, 0) is 43.0 Å². The number of H-pyrrole nitrogens is 1. The number of carbonyl (C=O) groups excluding carboxylic acids is 1. The first-order valence-electron chi connectivity index (χ1n) is 10.3. The smallest absolute Gasteiger partial charge is 0.258 e. The van der Waals surface area contributed by atoms with E-state index in [0.717, 1.165) is 25.9 Å². The second-order valence-corrected chi connectivity index (χ2v) is 9.05. The van der Waals surface area contributed by atoms with E-state index >= 15 is 0 Å². The summed E-state index contributed by atoms with van der Waals surface area (Å²) < 4.78 is 5.80. The van der Waals surface area contributed by atoms with E-state index in [0.29, 0.717) is 23.3 Å². The second kappa shape index (κ2) is 8.24. The zero-order valence-electron chi connectivity index (χ0n) is 16.5. The molecule has 2 atom stereocenters. The van der Waals surface area contributed by atoms with E-state index in [9.17, 15) is 9.59 Å². The van der Waals surface area contributed by atoms with Gasteiger partial charge in [0.15, 0.2) is 0 Å². The molecule has 0 aliphatic carbocycles. The lowest BCUT2D eigenvalue weighted by atomic mass is 10.1. The molecule has 5 rings (SSSR count). The predicted molar refractivity (Wildman–Crippen MR) is 117 cm³/mol. The van der Waals surface area contributed by atoms with E-state index in [-0.39, 0.29) is 29.4 Å². The normalized spacial score (nSPS) is 20.4. The van der Waals surface area contributed by atoms with Gasteiger partial charge in [0.1, 0.15) is 5.82 Å². The number of hydrogen-bond acceptors (Lipinski definition) is 5. The fraction of sp³-hybridized carbons (Fsp3) is 0.348. The Kier molecular flexibility index (Phi) is 5.31. The molecule has 2 aliphatic rings. The molecule has 3 aromatic rings. The van der Waals surface area contributed by atoms with E-state index in [1.165, 1.54) is 10.5 Å². The van der Waals surface area contributed by atoms with Crippen molar-refractivity contribution in [2.75, 3.05) is 13.2 Å². The summed E-state index contributed by atoms with van der Waals surface area (Å²) in [6, 6.07) is 15.4. The highest BCUT2D eigenvalue weighted by molar-refractivity contribution is 8.01. The maximum Gasteiger partial charge on any atom is 0.258 e. The van der Waals surface area contributed by atoms with E-state index in [2.05, 4.69) is 22.1 Å². The molecule has 1 N–H and O–H groups in total. The number of benzene rings is 2. The van der Waals surface area contributed by atoms with Crippen LogP contribution in [-0.4, -0.2) is 45.3 Å². The average molecular weight is 422 g/mol. The number of aromatic amines is 1. The highest BCUT2D eigenvalue weighted by Crippen LogP contribution is 2.37. The second-order valence-electron chi connectivity index (χ2n) is 7.80. The summed E-state index contributed by atoms with van der Waals surface area (Å²) >= 11 is 1.62. The summed E-state index contributed by atoms with van der Waals surface area (Å²) in [4.78, 5) is 36.4. The highest BCUT2D eigenvalue weighted by Gasteiger charge is 2.33. The van der Waals surface area contributed by atoms with Crippen LogP contribution in [0.5, 0.6) is 0 Å². The van der Waals surface area contributed by atoms with Gasteiger partial charge in [-0.25, -0.2) is 4.98 Å². The Morgan fingerprint density at radius 2 is 2.03 bits per heavy atom. The largest absolute Gasteiger partial charge is 0.376 e. The standard InChI is InChI=1S/C23H23N3O3S/c27-22-17-8-2-3-9-18(17)24-21(25-22)14-26(13-16-7-5-11-29-16)23(28)20-12-15-6-1-4-10-19(15)30-20/h1-4,6,8-10,16,20H,5,7,11-14H2,(H,24,25,27). The molecule has 0 saturated carbocycles. The number of para-hydroxylation sites is 1. The lowest BCUT2D eigenvalue weighted by Gasteiger charge is -2.27. The van der Waals surface area contributed by atoms with Crippen LogP contribution >= 0.6 is 11.8 Å². The minimum absolute atomic E-state index is 0.0370. The molecule has 1 amide bonds. The molecule has 1 saturated heterocycles. The Morgan fingerprint density at radius 3 is 2.87 bits per heavy atom.